The number of rotatable bonds is 1. The SMILES string of the molecule is O=[C-]C(=O)O.[Gd]. The Hall–Kier alpha value is 0.465. The number of carboxylic acid groups (broad SMARTS) is 1. The van der Waals surface area contributed by atoms with Gasteiger partial charge in [-0.05, 0) is 0 Å². The Morgan fingerprint density at radius 2 is 1.83 bits per heavy atom. The van der Waals surface area contributed by atoms with Crippen LogP contribution in [0.4, 0.5) is 0 Å². The second-order valence-electron chi connectivity index (χ2n) is 0.407. The Morgan fingerprint density at radius 1 is 1.67 bits per heavy atom. The fraction of sp³-hybridized carbons (Fsp3) is 0. The van der Waals surface area contributed by atoms with E-state index in [1.807, 2.05) is 0 Å². The van der Waals surface area contributed by atoms with E-state index < -0.39 is 5.97 Å². The molecule has 0 aromatic carbocycles. The molecule has 0 atom stereocenters. The number of carbonyl (C=O) groups excluding carboxylic acids is 1. The van der Waals surface area contributed by atoms with Crippen LogP contribution in [0.25, 0.3) is 0 Å². The van der Waals surface area contributed by atoms with Gasteiger partial charge in [0.15, 0.2) is 5.97 Å². The molecule has 0 rings (SSSR count). The van der Waals surface area contributed by atoms with Gasteiger partial charge in [-0.25, -0.2) is 0 Å². The molecule has 0 aliphatic carbocycles. The molecule has 0 saturated carbocycles. The summed E-state index contributed by atoms with van der Waals surface area (Å²) in [4.78, 5) is 17.7. The summed E-state index contributed by atoms with van der Waals surface area (Å²) in [6.07, 6.45) is 0.694. The van der Waals surface area contributed by atoms with Crippen LogP contribution in [0.15, 0.2) is 0 Å². The van der Waals surface area contributed by atoms with E-state index in [1.54, 1.807) is 0 Å². The van der Waals surface area contributed by atoms with E-state index in [1.165, 1.54) is 0 Å². The maximum atomic E-state index is 8.94. The van der Waals surface area contributed by atoms with E-state index in [-0.39, 0.29) is 39.9 Å². The van der Waals surface area contributed by atoms with Gasteiger partial charge in [-0.2, -0.15) is 6.29 Å². The second kappa shape index (κ2) is 5.46. The molecular formula is C2HGdO3-. The van der Waals surface area contributed by atoms with Gasteiger partial charge in [0.2, 0.25) is 0 Å². The van der Waals surface area contributed by atoms with Crippen molar-refractivity contribution in [2.24, 2.45) is 0 Å². The summed E-state index contributed by atoms with van der Waals surface area (Å²) < 4.78 is 0. The van der Waals surface area contributed by atoms with Crippen LogP contribution in [0.2, 0.25) is 0 Å². The van der Waals surface area contributed by atoms with Crippen molar-refractivity contribution >= 4 is 12.3 Å². The Bertz CT molecular complexity index is 59.8. The van der Waals surface area contributed by atoms with E-state index in [0.29, 0.717) is 6.29 Å². The molecule has 0 bridgehead atoms. The number of hydrogen-bond donors (Lipinski definition) is 1. The Balaban J connectivity index is 0. The number of hydrogen-bond acceptors (Lipinski definition) is 2. The molecule has 0 amide bonds. The third-order valence-electron chi connectivity index (χ3n) is 0.0873. The molecule has 0 aromatic rings. The van der Waals surface area contributed by atoms with E-state index in [9.17, 15) is 0 Å². The van der Waals surface area contributed by atoms with Gasteiger partial charge in [0.1, 0.15) is 0 Å². The van der Waals surface area contributed by atoms with Crippen molar-refractivity contribution in [2.45, 2.75) is 0 Å². The van der Waals surface area contributed by atoms with Crippen LogP contribution >= 0.6 is 0 Å². The molecule has 0 unspecified atom stereocenters. The van der Waals surface area contributed by atoms with E-state index in [4.69, 9.17) is 14.7 Å². The molecule has 0 aliphatic heterocycles. The first-order valence-corrected chi connectivity index (χ1v) is 0.882. The van der Waals surface area contributed by atoms with Crippen LogP contribution in [0.3, 0.4) is 0 Å². The largest absolute Gasteiger partial charge is 0.531 e. The number of aliphatic carboxylic acids is 1. The third-order valence-corrected chi connectivity index (χ3v) is 0.0873. The standard InChI is InChI=1S/C2HO3.Gd/c3-1-2(4)5;/h(H,4,5);/q-1;. The van der Waals surface area contributed by atoms with Crippen LogP contribution in [0, 0.1) is 39.9 Å². The van der Waals surface area contributed by atoms with Crippen molar-refractivity contribution < 1.29 is 54.6 Å². The van der Waals surface area contributed by atoms with Gasteiger partial charge in [0.25, 0.3) is 0 Å². The molecule has 6 heavy (non-hydrogen) atoms. The molecule has 0 heterocycles. The van der Waals surface area contributed by atoms with Crippen molar-refractivity contribution in [3.8, 4) is 0 Å². The summed E-state index contributed by atoms with van der Waals surface area (Å²) in [5, 5.41) is 7.30. The van der Waals surface area contributed by atoms with Crippen molar-refractivity contribution in [3.63, 3.8) is 0 Å². The summed E-state index contributed by atoms with van der Waals surface area (Å²) in [6.45, 7) is 0. The zero-order valence-corrected chi connectivity index (χ0v) is 4.89. The predicted molar refractivity (Wildman–Crippen MR) is 13.3 cm³/mol. The summed E-state index contributed by atoms with van der Waals surface area (Å²) in [5.74, 6) is -1.55. The van der Waals surface area contributed by atoms with Gasteiger partial charge in [0, 0.05) is 39.9 Å². The molecule has 0 fully saturated rings. The first-order chi connectivity index (χ1) is 2.27. The molecule has 0 saturated heterocycles. The molecule has 0 aliphatic rings. The third kappa shape index (κ3) is 8.82. The van der Waals surface area contributed by atoms with Crippen LogP contribution in [-0.4, -0.2) is 17.4 Å². The van der Waals surface area contributed by atoms with Crippen LogP contribution in [0.5, 0.6) is 0 Å². The average molecular weight is 230 g/mol. The summed E-state index contributed by atoms with van der Waals surface area (Å²) in [7, 11) is 0. The molecule has 36 valence electrons. The molecule has 4 heteroatoms. The monoisotopic (exact) mass is 231 g/mol. The zero-order valence-electron chi connectivity index (χ0n) is 2.62. The van der Waals surface area contributed by atoms with E-state index in [2.05, 4.69) is 0 Å². The van der Waals surface area contributed by atoms with Crippen LogP contribution in [0.1, 0.15) is 0 Å². The van der Waals surface area contributed by atoms with Crippen molar-refractivity contribution in [3.05, 3.63) is 0 Å². The maximum absolute atomic E-state index is 8.94. The molecule has 1 N–H and O–H groups in total. The van der Waals surface area contributed by atoms with Crippen molar-refractivity contribution in [1.29, 1.82) is 0 Å². The number of carbonyl (C=O) groups is 1. The fourth-order valence-electron chi connectivity index (χ4n) is 0. The quantitative estimate of drug-likeness (QED) is 0.473. The van der Waals surface area contributed by atoms with Gasteiger partial charge in [-0.3, -0.25) is 4.79 Å². The van der Waals surface area contributed by atoms with Gasteiger partial charge < -0.3 is 9.90 Å². The summed E-state index contributed by atoms with van der Waals surface area (Å²) in [5.41, 5.74) is 0. The molecule has 0 spiro atoms. The van der Waals surface area contributed by atoms with Gasteiger partial charge in [-0.15, -0.1) is 0 Å². The number of carboxylic acids is 1. The van der Waals surface area contributed by atoms with Crippen molar-refractivity contribution in [2.75, 3.05) is 0 Å². The topological polar surface area (TPSA) is 54.4 Å². The molecular weight excluding hydrogens is 229 g/mol. The van der Waals surface area contributed by atoms with Crippen LogP contribution < -0.4 is 0 Å². The maximum Gasteiger partial charge on any atom is 0.180 e. The molecule has 0 aromatic heterocycles. The predicted octanol–water partition coefficient (Wildman–Crippen LogP) is -0.819. The van der Waals surface area contributed by atoms with E-state index >= 15 is 0 Å². The Labute approximate surface area is 66.4 Å². The molecule has 0 radical (unpaired) electrons. The Kier molecular flexibility index (Phi) is 8.82. The zero-order chi connectivity index (χ0) is 4.28. The first kappa shape index (κ1) is 9.68. The van der Waals surface area contributed by atoms with Crippen LogP contribution in [-0.2, 0) is 9.59 Å². The minimum atomic E-state index is -1.55. The summed E-state index contributed by atoms with van der Waals surface area (Å²) in [6, 6.07) is 0. The minimum Gasteiger partial charge on any atom is -0.531 e. The van der Waals surface area contributed by atoms with Gasteiger partial charge in [-0.1, -0.05) is 0 Å². The first-order valence-electron chi connectivity index (χ1n) is 0.882. The normalized spacial score (nSPS) is 5.33. The van der Waals surface area contributed by atoms with E-state index in [0.717, 1.165) is 0 Å². The van der Waals surface area contributed by atoms with Crippen molar-refractivity contribution in [1.82, 2.24) is 0 Å². The Morgan fingerprint density at radius 3 is 1.83 bits per heavy atom. The summed E-state index contributed by atoms with van der Waals surface area (Å²) >= 11 is 0. The molecule has 3 nitrogen and oxygen atoms in total. The average Bonchev–Trinajstić information content (AvgIpc) is 1.38. The smallest absolute Gasteiger partial charge is 0.180 e. The fourth-order valence-corrected chi connectivity index (χ4v) is 0. The minimum absolute atomic E-state index is 0. The van der Waals surface area contributed by atoms with Gasteiger partial charge in [0.05, 0.1) is 0 Å². The van der Waals surface area contributed by atoms with Gasteiger partial charge >= 0.3 is 0 Å². The second-order valence-corrected chi connectivity index (χ2v) is 0.407.